The third-order valence-corrected chi connectivity index (χ3v) is 15.7. The Morgan fingerprint density at radius 2 is 0.797 bits per heavy atom. The summed E-state index contributed by atoms with van der Waals surface area (Å²) in [4.78, 5) is 13.3. The zero-order chi connectivity index (χ0) is 57.6. The molecule has 0 aromatic rings. The van der Waals surface area contributed by atoms with Gasteiger partial charge in [-0.25, -0.2) is 0 Å². The molecule has 3 aliphatic heterocycles. The van der Waals surface area contributed by atoms with E-state index in [1.807, 2.05) is 6.08 Å². The van der Waals surface area contributed by atoms with Gasteiger partial charge in [0.05, 0.1) is 38.6 Å². The fourth-order valence-corrected chi connectivity index (χ4v) is 10.6. The molecule has 0 bridgehead atoms. The Balaban J connectivity index is 1.47. The molecule has 1 amide bonds. The predicted octanol–water partition coefficient (Wildman–Crippen LogP) is 5.93. The molecule has 0 aromatic heterocycles. The fraction of sp³-hybridized carbons (Fsp3) is 0.917. The van der Waals surface area contributed by atoms with Crippen LogP contribution < -0.4 is 5.32 Å². The maximum atomic E-state index is 13.3. The van der Waals surface area contributed by atoms with Crippen molar-refractivity contribution in [2.24, 2.45) is 0 Å². The van der Waals surface area contributed by atoms with E-state index >= 15 is 0 Å². The molecule has 0 aromatic carbocycles. The summed E-state index contributed by atoms with van der Waals surface area (Å²) >= 11 is 0. The molecule has 17 atom stereocenters. The van der Waals surface area contributed by atoms with Gasteiger partial charge in [0, 0.05) is 6.42 Å². The normalized spacial score (nSPS) is 30.4. The number of allylic oxidation sites excluding steroid dienone is 3. The Kier molecular flexibility index (Phi) is 39.7. The SMILES string of the molecule is CCCCCCCC/C=C\CCCCCCCCCCCCCC(=O)N[C@@H](CO[C@@H]1O[C@H](CO)[C@@H](O[C@@H]2O[C@H](CO)[C@H](O[C@H]3O[C@H](CO)[C@H](O)[C@H](O)[C@H]3O)[C@H](O)[C@H]2O)[C@H](O)[C@H]1O)[C@H](O)/C=C/CCCCCCCCCCCCC. The molecule has 0 radical (unpaired) electrons. The predicted molar refractivity (Wildman–Crippen MR) is 300 cm³/mol. The summed E-state index contributed by atoms with van der Waals surface area (Å²) in [6, 6.07) is -0.970. The fourth-order valence-electron chi connectivity index (χ4n) is 10.6. The van der Waals surface area contributed by atoms with Crippen LogP contribution in [0.1, 0.15) is 219 Å². The van der Waals surface area contributed by atoms with Crippen molar-refractivity contribution in [3.05, 3.63) is 24.3 Å². The Hall–Kier alpha value is -1.73. The second-order valence-corrected chi connectivity index (χ2v) is 22.5. The third-order valence-electron chi connectivity index (χ3n) is 15.7. The summed E-state index contributed by atoms with van der Waals surface area (Å²) < 4.78 is 34.2. The molecule has 0 spiro atoms. The van der Waals surface area contributed by atoms with Crippen molar-refractivity contribution in [1.82, 2.24) is 5.32 Å². The van der Waals surface area contributed by atoms with Gasteiger partial charge in [0.1, 0.15) is 73.2 Å². The van der Waals surface area contributed by atoms with Crippen molar-refractivity contribution in [3.63, 3.8) is 0 Å². The molecule has 464 valence electrons. The highest BCUT2D eigenvalue weighted by Crippen LogP contribution is 2.33. The number of aliphatic hydroxyl groups excluding tert-OH is 11. The van der Waals surface area contributed by atoms with E-state index in [-0.39, 0.29) is 18.9 Å². The van der Waals surface area contributed by atoms with Crippen molar-refractivity contribution in [1.29, 1.82) is 0 Å². The zero-order valence-electron chi connectivity index (χ0n) is 48.4. The molecule has 79 heavy (non-hydrogen) atoms. The maximum absolute atomic E-state index is 13.3. The smallest absolute Gasteiger partial charge is 0.220 e. The average Bonchev–Trinajstić information content (AvgIpc) is 3.45. The van der Waals surface area contributed by atoms with E-state index in [1.165, 1.54) is 148 Å². The molecule has 0 unspecified atom stereocenters. The summed E-state index contributed by atoms with van der Waals surface area (Å²) in [6.07, 6.45) is 18.7. The number of nitrogens with one attached hydrogen (secondary N) is 1. The van der Waals surface area contributed by atoms with Gasteiger partial charge in [-0.05, 0) is 44.9 Å². The standard InChI is InChI=1S/C60H111NO18/c1-3-5-7-9-11-13-15-17-18-19-20-21-22-23-24-26-28-30-32-34-36-38-48(66)61-43(44(65)37-35-33-31-29-27-25-16-14-12-10-8-6-4-2)42-74-58-54(72)51(69)56(46(40-63)76-58)79-60-55(73)52(70)57(47(41-64)77-60)78-59-53(71)50(68)49(67)45(39-62)75-59/h17-18,35,37,43-47,49-60,62-65,67-73H,3-16,19-34,36,38-42H2,1-2H3,(H,61,66)/b18-17-,37-35+/t43-,44+,45+,46+,47+,49-,50-,51+,52+,53+,54+,55+,56+,57-,58+,59+,60-/m0/s1. The molecule has 12 N–H and O–H groups in total. The number of carbonyl (C=O) groups excluding carboxylic acids is 1. The number of hydrogen-bond acceptors (Lipinski definition) is 18. The van der Waals surface area contributed by atoms with Crippen LogP contribution >= 0.6 is 0 Å². The van der Waals surface area contributed by atoms with Crippen molar-refractivity contribution >= 4 is 5.91 Å². The lowest BCUT2D eigenvalue weighted by Crippen LogP contribution is -2.66. The first-order valence-corrected chi connectivity index (χ1v) is 31.1. The second-order valence-electron chi connectivity index (χ2n) is 22.5. The second kappa shape index (κ2) is 43.8. The minimum atomic E-state index is -1.98. The van der Waals surface area contributed by atoms with Crippen LogP contribution in [0.15, 0.2) is 24.3 Å². The van der Waals surface area contributed by atoms with Crippen LogP contribution in [0.3, 0.4) is 0 Å². The molecule has 0 saturated carbocycles. The third kappa shape index (κ3) is 27.7. The maximum Gasteiger partial charge on any atom is 0.220 e. The van der Waals surface area contributed by atoms with Crippen molar-refractivity contribution in [2.45, 2.75) is 324 Å². The molecule has 0 aliphatic carbocycles. The largest absolute Gasteiger partial charge is 0.394 e. The summed E-state index contributed by atoms with van der Waals surface area (Å²) in [5, 5.41) is 120. The molecule has 19 heteroatoms. The van der Waals surface area contributed by atoms with Crippen LogP contribution in [0.25, 0.3) is 0 Å². The number of amides is 1. The summed E-state index contributed by atoms with van der Waals surface area (Å²) in [6.45, 7) is 1.72. The number of hydrogen-bond donors (Lipinski definition) is 12. The summed E-state index contributed by atoms with van der Waals surface area (Å²) in [5.74, 6) is -0.276. The lowest BCUT2D eigenvalue weighted by Gasteiger charge is -2.48. The van der Waals surface area contributed by atoms with Gasteiger partial charge in [-0.2, -0.15) is 0 Å². The van der Waals surface area contributed by atoms with E-state index in [2.05, 4.69) is 31.3 Å². The first-order valence-electron chi connectivity index (χ1n) is 31.1. The van der Waals surface area contributed by atoms with E-state index in [1.54, 1.807) is 6.08 Å². The Morgan fingerprint density at radius 3 is 1.23 bits per heavy atom. The van der Waals surface area contributed by atoms with Gasteiger partial charge in [-0.15, -0.1) is 0 Å². The quantitative estimate of drug-likeness (QED) is 0.0248. The van der Waals surface area contributed by atoms with Crippen molar-refractivity contribution in [2.75, 3.05) is 26.4 Å². The van der Waals surface area contributed by atoms with Crippen LogP contribution in [0, 0.1) is 0 Å². The molecular weight excluding hydrogens is 1020 g/mol. The van der Waals surface area contributed by atoms with E-state index in [9.17, 15) is 61.0 Å². The summed E-state index contributed by atoms with van der Waals surface area (Å²) in [5.41, 5.74) is 0. The Morgan fingerprint density at radius 1 is 0.443 bits per heavy atom. The van der Waals surface area contributed by atoms with Gasteiger partial charge in [0.25, 0.3) is 0 Å². The zero-order valence-corrected chi connectivity index (χ0v) is 48.4. The van der Waals surface area contributed by atoms with E-state index in [4.69, 9.17) is 28.4 Å². The first kappa shape index (κ1) is 71.5. The number of ether oxygens (including phenoxy) is 6. The highest BCUT2D eigenvalue weighted by molar-refractivity contribution is 5.76. The van der Waals surface area contributed by atoms with Crippen molar-refractivity contribution in [3.8, 4) is 0 Å². The van der Waals surface area contributed by atoms with Crippen LogP contribution in [0.4, 0.5) is 0 Å². The number of aliphatic hydroxyl groups is 11. The topological polar surface area (TPSA) is 307 Å². The van der Waals surface area contributed by atoms with Gasteiger partial charge >= 0.3 is 0 Å². The van der Waals surface area contributed by atoms with Crippen LogP contribution in [-0.2, 0) is 33.2 Å². The highest BCUT2D eigenvalue weighted by Gasteiger charge is 2.53. The molecule has 3 saturated heterocycles. The van der Waals surface area contributed by atoms with Gasteiger partial charge < -0.3 is 89.9 Å². The minimum Gasteiger partial charge on any atom is -0.394 e. The molecule has 3 heterocycles. The van der Waals surface area contributed by atoms with Crippen molar-refractivity contribution < 1.29 is 89.4 Å². The average molecular weight is 1130 g/mol. The van der Waals surface area contributed by atoms with Gasteiger partial charge in [0.2, 0.25) is 5.91 Å². The number of rotatable bonds is 46. The molecule has 3 fully saturated rings. The molecule has 19 nitrogen and oxygen atoms in total. The van der Waals surface area contributed by atoms with Crippen LogP contribution in [-0.4, -0.2) is 193 Å². The summed E-state index contributed by atoms with van der Waals surface area (Å²) in [7, 11) is 0. The van der Waals surface area contributed by atoms with Gasteiger partial charge in [-0.1, -0.05) is 192 Å². The Bertz CT molecular complexity index is 1540. The Labute approximate surface area is 473 Å². The molecular formula is C60H111NO18. The molecule has 3 aliphatic rings. The van der Waals surface area contributed by atoms with Crippen LogP contribution in [0.5, 0.6) is 0 Å². The van der Waals surface area contributed by atoms with Gasteiger partial charge in [0.15, 0.2) is 18.9 Å². The number of carbonyl (C=O) groups is 1. The molecule has 3 rings (SSSR count). The van der Waals surface area contributed by atoms with Crippen LogP contribution in [0.2, 0.25) is 0 Å². The van der Waals surface area contributed by atoms with E-state index in [0.29, 0.717) is 6.42 Å². The van der Waals surface area contributed by atoms with Gasteiger partial charge in [-0.3, -0.25) is 4.79 Å². The minimum absolute atomic E-state index is 0.244. The highest BCUT2D eigenvalue weighted by atomic mass is 16.8. The van der Waals surface area contributed by atoms with E-state index < -0.39 is 124 Å². The first-order chi connectivity index (χ1) is 38.3. The van der Waals surface area contributed by atoms with E-state index in [0.717, 1.165) is 44.9 Å². The lowest BCUT2D eigenvalue weighted by atomic mass is 9.96. The monoisotopic (exact) mass is 1130 g/mol. The number of unbranched alkanes of at least 4 members (excludes halogenated alkanes) is 28. The lowest BCUT2D eigenvalue weighted by molar-refractivity contribution is -0.379.